The maximum absolute atomic E-state index is 3.86. The first-order valence-electron chi connectivity index (χ1n) is 6.00. The second-order valence-electron chi connectivity index (χ2n) is 4.39. The van der Waals surface area contributed by atoms with Crippen LogP contribution in [0.15, 0.2) is 24.3 Å². The average Bonchev–Trinajstić information content (AvgIpc) is 2.14. The van der Waals surface area contributed by atoms with Crippen LogP contribution in [-0.2, 0) is 0 Å². The van der Waals surface area contributed by atoms with Gasteiger partial charge in [-0.25, -0.2) is 0 Å². The van der Waals surface area contributed by atoms with Gasteiger partial charge in [0.2, 0.25) is 0 Å². The van der Waals surface area contributed by atoms with Crippen LogP contribution in [0.25, 0.3) is 0 Å². The highest BCUT2D eigenvalue weighted by Crippen LogP contribution is 2.12. The normalized spacial score (nSPS) is 13.4. The Morgan fingerprint density at radius 3 is 2.43 bits per heavy atom. The fraction of sp³-hybridized carbons (Fsp3) is 0.714. The molecule has 82 valence electrons. The number of unbranched alkanes of at least 4 members (excludes halogenated alkanes) is 4. The van der Waals surface area contributed by atoms with Crippen molar-refractivity contribution in [2.75, 3.05) is 0 Å². The van der Waals surface area contributed by atoms with Gasteiger partial charge in [0.15, 0.2) is 0 Å². The molecule has 0 aliphatic heterocycles. The molecule has 0 aromatic rings. The second kappa shape index (κ2) is 9.05. The maximum atomic E-state index is 3.86. The van der Waals surface area contributed by atoms with Gasteiger partial charge in [-0.3, -0.25) is 0 Å². The van der Waals surface area contributed by atoms with Gasteiger partial charge in [-0.15, -0.1) is 0 Å². The molecule has 0 saturated carbocycles. The van der Waals surface area contributed by atoms with Crippen molar-refractivity contribution in [2.45, 2.75) is 59.3 Å². The molecule has 0 aromatic carbocycles. The summed E-state index contributed by atoms with van der Waals surface area (Å²) in [6.45, 7) is 10.5. The van der Waals surface area contributed by atoms with E-state index >= 15 is 0 Å². The zero-order valence-corrected chi connectivity index (χ0v) is 10.2. The van der Waals surface area contributed by atoms with Gasteiger partial charge in [0.05, 0.1) is 0 Å². The highest BCUT2D eigenvalue weighted by molar-refractivity contribution is 5.11. The molecule has 0 heterocycles. The van der Waals surface area contributed by atoms with E-state index in [0.717, 1.165) is 5.57 Å². The molecule has 0 aliphatic carbocycles. The number of hydrogen-bond donors (Lipinski definition) is 0. The third-order valence-electron chi connectivity index (χ3n) is 2.47. The van der Waals surface area contributed by atoms with Crippen molar-refractivity contribution in [2.24, 2.45) is 5.92 Å². The van der Waals surface area contributed by atoms with Crippen LogP contribution in [0.4, 0.5) is 0 Å². The van der Waals surface area contributed by atoms with E-state index in [1.807, 2.05) is 6.92 Å². The van der Waals surface area contributed by atoms with Gasteiger partial charge in [-0.1, -0.05) is 70.3 Å². The third-order valence-corrected chi connectivity index (χ3v) is 2.47. The predicted octanol–water partition coefficient (Wildman–Crippen LogP) is 5.12. The van der Waals surface area contributed by atoms with E-state index < -0.39 is 0 Å². The molecule has 0 aliphatic rings. The van der Waals surface area contributed by atoms with Crippen molar-refractivity contribution < 1.29 is 0 Å². The van der Waals surface area contributed by atoms with Gasteiger partial charge in [0, 0.05) is 0 Å². The summed E-state index contributed by atoms with van der Waals surface area (Å²) in [4.78, 5) is 0. The molecule has 0 rings (SSSR count). The number of hydrogen-bond acceptors (Lipinski definition) is 0. The fourth-order valence-corrected chi connectivity index (χ4v) is 1.49. The molecule has 0 saturated heterocycles. The molecule has 0 radical (unpaired) electrons. The van der Waals surface area contributed by atoms with Gasteiger partial charge in [-0.05, 0) is 19.3 Å². The smallest absolute Gasteiger partial charge is 0.0259 e. The van der Waals surface area contributed by atoms with E-state index in [0.29, 0.717) is 5.92 Å². The molecular weight excluding hydrogens is 168 g/mol. The summed E-state index contributed by atoms with van der Waals surface area (Å²) in [6.07, 6.45) is 12.7. The van der Waals surface area contributed by atoms with E-state index in [-0.39, 0.29) is 0 Å². The monoisotopic (exact) mass is 194 g/mol. The first-order chi connectivity index (χ1) is 6.66. The lowest BCUT2D eigenvalue weighted by molar-refractivity contribution is 0.550. The quantitative estimate of drug-likeness (QED) is 0.372. The molecule has 0 fully saturated rings. The van der Waals surface area contributed by atoms with Crippen LogP contribution in [0, 0.1) is 5.92 Å². The fourth-order valence-electron chi connectivity index (χ4n) is 1.49. The Kier molecular flexibility index (Phi) is 8.72. The zero-order chi connectivity index (χ0) is 10.8. The minimum Gasteiger partial charge on any atom is -0.0961 e. The molecule has 1 unspecified atom stereocenters. The Hall–Kier alpha value is -0.520. The molecule has 0 nitrogen and oxygen atoms in total. The van der Waals surface area contributed by atoms with Crippen molar-refractivity contribution in [3.05, 3.63) is 24.3 Å². The highest BCUT2D eigenvalue weighted by atomic mass is 14.0. The second-order valence-corrected chi connectivity index (χ2v) is 4.39. The molecule has 14 heavy (non-hydrogen) atoms. The van der Waals surface area contributed by atoms with Crippen LogP contribution in [0.3, 0.4) is 0 Å². The Morgan fingerprint density at radius 1 is 1.21 bits per heavy atom. The first-order valence-corrected chi connectivity index (χ1v) is 6.00. The first kappa shape index (κ1) is 13.5. The molecule has 0 spiro atoms. The molecule has 0 amide bonds. The topological polar surface area (TPSA) is 0 Å². The summed E-state index contributed by atoms with van der Waals surface area (Å²) in [5, 5.41) is 0. The molecular formula is C14H26. The lowest BCUT2D eigenvalue weighted by Crippen LogP contribution is -1.89. The standard InChI is InChI=1S/C14H26/c1-5-6-7-8-9-10-14(4)12-11-13(2)3/h11-12,14H,2,5-10H2,1,3-4H3. The van der Waals surface area contributed by atoms with Gasteiger partial charge >= 0.3 is 0 Å². The molecule has 0 N–H and O–H groups in total. The van der Waals surface area contributed by atoms with E-state index in [4.69, 9.17) is 0 Å². The summed E-state index contributed by atoms with van der Waals surface area (Å²) in [7, 11) is 0. The number of rotatable bonds is 8. The molecule has 0 bridgehead atoms. The van der Waals surface area contributed by atoms with Crippen LogP contribution in [-0.4, -0.2) is 0 Å². The summed E-state index contributed by atoms with van der Waals surface area (Å²) in [5.74, 6) is 0.716. The molecule has 1 atom stereocenters. The van der Waals surface area contributed by atoms with E-state index in [1.165, 1.54) is 38.5 Å². The SMILES string of the molecule is C=C(C)C=CC(C)CCCCCCC. The Bertz CT molecular complexity index is 165. The lowest BCUT2D eigenvalue weighted by atomic mass is 10.0. The van der Waals surface area contributed by atoms with Crippen molar-refractivity contribution in [3.63, 3.8) is 0 Å². The maximum Gasteiger partial charge on any atom is -0.0259 e. The van der Waals surface area contributed by atoms with Crippen molar-refractivity contribution >= 4 is 0 Å². The lowest BCUT2D eigenvalue weighted by Gasteiger charge is -2.05. The van der Waals surface area contributed by atoms with Gasteiger partial charge in [-0.2, -0.15) is 0 Å². The summed E-state index contributed by atoms with van der Waals surface area (Å²) >= 11 is 0. The number of allylic oxidation sites excluding steroid dienone is 3. The van der Waals surface area contributed by atoms with Crippen LogP contribution in [0.2, 0.25) is 0 Å². The third kappa shape index (κ3) is 9.57. The van der Waals surface area contributed by atoms with Gasteiger partial charge in [0.25, 0.3) is 0 Å². The Balaban J connectivity index is 3.35. The largest absolute Gasteiger partial charge is 0.0961 e. The van der Waals surface area contributed by atoms with Crippen LogP contribution in [0.1, 0.15) is 59.3 Å². The molecule has 0 heteroatoms. The van der Waals surface area contributed by atoms with E-state index in [2.05, 4.69) is 32.6 Å². The van der Waals surface area contributed by atoms with Crippen molar-refractivity contribution in [3.8, 4) is 0 Å². The summed E-state index contributed by atoms with van der Waals surface area (Å²) in [5.41, 5.74) is 1.16. The zero-order valence-electron chi connectivity index (χ0n) is 10.2. The van der Waals surface area contributed by atoms with Crippen LogP contribution >= 0.6 is 0 Å². The predicted molar refractivity (Wildman–Crippen MR) is 66.5 cm³/mol. The highest BCUT2D eigenvalue weighted by Gasteiger charge is 1.96. The summed E-state index contributed by atoms with van der Waals surface area (Å²) in [6, 6.07) is 0. The Morgan fingerprint density at radius 2 is 1.86 bits per heavy atom. The van der Waals surface area contributed by atoms with Crippen LogP contribution < -0.4 is 0 Å². The van der Waals surface area contributed by atoms with Crippen molar-refractivity contribution in [1.29, 1.82) is 0 Å². The molecule has 0 aromatic heterocycles. The van der Waals surface area contributed by atoms with Gasteiger partial charge < -0.3 is 0 Å². The summed E-state index contributed by atoms with van der Waals surface area (Å²) < 4.78 is 0. The van der Waals surface area contributed by atoms with Gasteiger partial charge in [0.1, 0.15) is 0 Å². The van der Waals surface area contributed by atoms with Crippen molar-refractivity contribution in [1.82, 2.24) is 0 Å². The van der Waals surface area contributed by atoms with E-state index in [9.17, 15) is 0 Å². The Labute approximate surface area is 90.1 Å². The average molecular weight is 194 g/mol. The minimum absolute atomic E-state index is 0.716. The van der Waals surface area contributed by atoms with E-state index in [1.54, 1.807) is 0 Å². The minimum atomic E-state index is 0.716. The van der Waals surface area contributed by atoms with Crippen LogP contribution in [0.5, 0.6) is 0 Å².